The number of hydrogen-bond acceptors (Lipinski definition) is 17. The number of methoxy groups -OCH3 is 12. The second-order valence-corrected chi connectivity index (χ2v) is 18.0. The molecule has 3 heterocycles. The van der Waals surface area contributed by atoms with E-state index in [4.69, 9.17) is 61.6 Å². The van der Waals surface area contributed by atoms with Crippen molar-refractivity contribution in [2.75, 3.05) is 91.9 Å². The van der Waals surface area contributed by atoms with E-state index in [1.165, 1.54) is 49.8 Å². The van der Waals surface area contributed by atoms with Crippen molar-refractivity contribution in [2.24, 2.45) is 4.99 Å². The van der Waals surface area contributed by atoms with E-state index in [9.17, 15) is 14.7 Å². The lowest BCUT2D eigenvalue weighted by Gasteiger charge is -2.19. The Morgan fingerprint density at radius 1 is 0.524 bits per heavy atom. The van der Waals surface area contributed by atoms with E-state index in [0.717, 1.165) is 61.5 Å². The average Bonchev–Trinajstić information content (AvgIpc) is 4.15. The Kier molecular flexibility index (Phi) is 18.7. The molecule has 0 radical (unpaired) electrons. The molecule has 82 heavy (non-hydrogen) atoms. The van der Waals surface area contributed by atoms with E-state index >= 15 is 0 Å². The third kappa shape index (κ3) is 11.8. The maximum absolute atomic E-state index is 13.0. The Bertz CT molecular complexity index is 3620. The summed E-state index contributed by atoms with van der Waals surface area (Å²) in [6.45, 7) is 0.507. The van der Waals surface area contributed by atoms with Gasteiger partial charge in [-0.25, -0.2) is 0 Å². The fraction of sp³-hybridized carbons (Fsp3) is 0.234. The number of fused-ring (bicyclic) bond motifs is 3. The van der Waals surface area contributed by atoms with E-state index < -0.39 is 5.92 Å². The van der Waals surface area contributed by atoms with Crippen LogP contribution in [0.5, 0.6) is 80.5 Å². The molecule has 8 aromatic rings. The van der Waals surface area contributed by atoms with Crippen LogP contribution < -0.4 is 61.6 Å². The van der Waals surface area contributed by atoms with Gasteiger partial charge in [0.2, 0.25) is 17.2 Å². The number of ether oxygens (including phenoxy) is 13. The van der Waals surface area contributed by atoms with Crippen molar-refractivity contribution >= 4 is 45.6 Å². The number of aliphatic imine (C=N–C) groups is 1. The minimum atomic E-state index is -0.455. The lowest BCUT2D eigenvalue weighted by Crippen LogP contribution is -2.12. The lowest BCUT2D eigenvalue weighted by molar-refractivity contribution is 0.0961. The van der Waals surface area contributed by atoms with Crippen molar-refractivity contribution in [3.8, 4) is 80.5 Å². The van der Waals surface area contributed by atoms with Crippen LogP contribution in [-0.4, -0.2) is 120 Å². The Morgan fingerprint density at radius 2 is 1.06 bits per heavy atom. The van der Waals surface area contributed by atoms with Gasteiger partial charge >= 0.3 is 0 Å². The topological polar surface area (TPSA) is 192 Å². The smallest absolute Gasteiger partial charge is 0.262 e. The number of phenolic OH excluding ortho intramolecular Hbond substituents is 1. The van der Waals surface area contributed by atoms with Crippen molar-refractivity contribution in [3.63, 3.8) is 0 Å². The highest BCUT2D eigenvalue weighted by molar-refractivity contribution is 6.13. The zero-order chi connectivity index (χ0) is 58.6. The maximum atomic E-state index is 13.0. The SMILES string of the molecule is COc1ccc(C2=C(c3cc(OC)c(OC)c(OC)c3)c3ccccc3OCC2)cc1O.COc1ccc2c(c1)N=CC2C(=O)c1cc(OC)c(OC)c(OC)c1.COc1ccc2c(ccn2C(=O)c2cc(OC)c(OC)c(OC)c2)c1. The number of rotatable bonds is 17. The summed E-state index contributed by atoms with van der Waals surface area (Å²) in [7, 11) is 18.6. The number of nitrogens with zero attached hydrogens (tertiary/aromatic N) is 2. The minimum absolute atomic E-state index is 0.0835. The first-order valence-corrected chi connectivity index (χ1v) is 25.6. The van der Waals surface area contributed by atoms with E-state index in [1.54, 1.807) is 88.9 Å². The first kappa shape index (κ1) is 58.2. The zero-order valence-electron chi connectivity index (χ0n) is 47.7. The summed E-state index contributed by atoms with van der Waals surface area (Å²) in [6, 6.07) is 36.7. The molecule has 18 nitrogen and oxygen atoms in total. The number of carbonyl (C=O) groups excluding carboxylic acids is 2. The van der Waals surface area contributed by atoms with E-state index in [2.05, 4.69) is 4.99 Å². The van der Waals surface area contributed by atoms with Crippen molar-refractivity contribution in [1.82, 2.24) is 4.57 Å². The molecule has 10 rings (SSSR count). The standard InChI is InChI=1S/C26H26O6.2C19H19NO5/c1-28-22-10-9-16(13-20(22)27)18-11-12-32-21-8-6-5-7-19(21)25(18)17-14-23(29-2)26(31-4)24(15-17)30-3;1-22-12-5-6-13-14(10-20-15(13)9-12)18(21)11-7-16(23-2)19(25-4)17(8-11)24-3;1-22-14-5-6-15-12(9-14)7-8-20(15)19(21)13-10-16(23-2)18(25-4)17(11-13)24-3/h5-10,13-15,27H,11-12H2,1-4H3;5-10,14H,1-4H3;5-11H,1-4H3. The van der Waals surface area contributed by atoms with Gasteiger partial charge in [-0.1, -0.05) is 30.3 Å². The normalized spacial score (nSPS) is 12.8. The van der Waals surface area contributed by atoms with Crippen LogP contribution in [0.15, 0.2) is 133 Å². The van der Waals surface area contributed by atoms with Gasteiger partial charge in [0.05, 0.1) is 109 Å². The molecule has 2 aliphatic heterocycles. The molecule has 0 aliphatic carbocycles. The summed E-state index contributed by atoms with van der Waals surface area (Å²) in [6.07, 6.45) is 4.03. The highest BCUT2D eigenvalue weighted by atomic mass is 16.5. The highest BCUT2D eigenvalue weighted by Crippen LogP contribution is 2.48. The number of Topliss-reactive ketones (excluding diaryl/α,β-unsaturated/α-hetero) is 1. The number of para-hydroxylation sites is 1. The van der Waals surface area contributed by atoms with Gasteiger partial charge in [0.25, 0.3) is 5.91 Å². The molecule has 0 saturated heterocycles. The van der Waals surface area contributed by atoms with Crippen LogP contribution >= 0.6 is 0 Å². The van der Waals surface area contributed by atoms with Crippen LogP contribution in [0.2, 0.25) is 0 Å². The Hall–Kier alpha value is -9.97. The zero-order valence-corrected chi connectivity index (χ0v) is 47.7. The van der Waals surface area contributed by atoms with Crippen molar-refractivity contribution in [3.05, 3.63) is 161 Å². The van der Waals surface area contributed by atoms with Gasteiger partial charge in [0.15, 0.2) is 51.8 Å². The van der Waals surface area contributed by atoms with Crippen LogP contribution in [0.3, 0.4) is 0 Å². The average molecular weight is 1120 g/mol. The second kappa shape index (κ2) is 26.3. The van der Waals surface area contributed by atoms with Crippen LogP contribution in [0.4, 0.5) is 5.69 Å². The first-order chi connectivity index (χ1) is 39.8. The lowest BCUT2D eigenvalue weighted by atomic mass is 9.87. The second-order valence-electron chi connectivity index (χ2n) is 18.0. The predicted octanol–water partition coefficient (Wildman–Crippen LogP) is 11.9. The van der Waals surface area contributed by atoms with Gasteiger partial charge in [-0.3, -0.25) is 19.1 Å². The Morgan fingerprint density at radius 3 is 1.61 bits per heavy atom. The number of aromatic nitrogens is 1. The van der Waals surface area contributed by atoms with Gasteiger partial charge in [0.1, 0.15) is 17.2 Å². The molecule has 1 N–H and O–H groups in total. The van der Waals surface area contributed by atoms with Gasteiger partial charge in [0, 0.05) is 47.0 Å². The maximum Gasteiger partial charge on any atom is 0.262 e. The van der Waals surface area contributed by atoms with E-state index in [-0.39, 0.29) is 17.4 Å². The quantitative estimate of drug-likeness (QED) is 0.0846. The molecule has 2 aliphatic rings. The third-order valence-corrected chi connectivity index (χ3v) is 13.7. The van der Waals surface area contributed by atoms with Crippen LogP contribution in [-0.2, 0) is 0 Å². The number of hydrogen-bond donors (Lipinski definition) is 1. The van der Waals surface area contributed by atoms with Crippen LogP contribution in [0, 0.1) is 0 Å². The fourth-order valence-electron chi connectivity index (χ4n) is 9.71. The molecule has 1 atom stereocenters. The van der Waals surface area contributed by atoms with Crippen molar-refractivity contribution < 1.29 is 76.3 Å². The first-order valence-electron chi connectivity index (χ1n) is 25.6. The Labute approximate surface area is 475 Å². The van der Waals surface area contributed by atoms with E-state index in [1.807, 2.05) is 84.9 Å². The molecule has 1 aromatic heterocycles. The fourth-order valence-corrected chi connectivity index (χ4v) is 9.71. The molecule has 0 fully saturated rings. The molecule has 0 bridgehead atoms. The summed E-state index contributed by atoms with van der Waals surface area (Å²) < 4.78 is 71.9. The molecule has 7 aromatic carbocycles. The molecule has 0 spiro atoms. The molecule has 0 amide bonds. The highest BCUT2D eigenvalue weighted by Gasteiger charge is 2.30. The van der Waals surface area contributed by atoms with Crippen molar-refractivity contribution in [2.45, 2.75) is 12.3 Å². The number of aromatic hydroxyl groups is 1. The number of carbonyl (C=O) groups is 2. The van der Waals surface area contributed by atoms with Gasteiger partial charge < -0.3 is 66.7 Å². The summed E-state index contributed by atoms with van der Waals surface area (Å²) in [4.78, 5) is 30.4. The summed E-state index contributed by atoms with van der Waals surface area (Å²) in [5, 5.41) is 11.4. The van der Waals surface area contributed by atoms with Gasteiger partial charge in [-0.05, 0) is 113 Å². The molecule has 0 saturated carbocycles. The van der Waals surface area contributed by atoms with Gasteiger partial charge in [-0.2, -0.15) is 0 Å². The summed E-state index contributed by atoms with van der Waals surface area (Å²) in [5.74, 6) is 6.31. The summed E-state index contributed by atoms with van der Waals surface area (Å²) >= 11 is 0. The Balaban J connectivity index is 0.000000163. The number of benzene rings is 7. The molecule has 1 unspecified atom stereocenters. The molecule has 426 valence electrons. The monoisotopic (exact) mass is 1120 g/mol. The molecule has 18 heteroatoms. The predicted molar refractivity (Wildman–Crippen MR) is 312 cm³/mol. The number of ketones is 1. The van der Waals surface area contributed by atoms with Crippen LogP contribution in [0.25, 0.3) is 22.0 Å². The van der Waals surface area contributed by atoms with Crippen molar-refractivity contribution in [1.29, 1.82) is 0 Å². The van der Waals surface area contributed by atoms with Gasteiger partial charge in [-0.15, -0.1) is 0 Å². The minimum Gasteiger partial charge on any atom is -0.504 e. The van der Waals surface area contributed by atoms with E-state index in [0.29, 0.717) is 87.4 Å². The number of phenols is 1. The third-order valence-electron chi connectivity index (χ3n) is 13.7. The summed E-state index contributed by atoms with van der Waals surface area (Å²) in [5.41, 5.74) is 8.01. The largest absolute Gasteiger partial charge is 0.504 e. The molecular formula is C64H64N2O16. The molecular weight excluding hydrogens is 1050 g/mol. The van der Waals surface area contributed by atoms with Crippen LogP contribution in [0.1, 0.15) is 55.3 Å².